The van der Waals surface area contributed by atoms with Gasteiger partial charge in [0.1, 0.15) is 0 Å². The Labute approximate surface area is 146 Å². The van der Waals surface area contributed by atoms with Crippen molar-refractivity contribution in [3.8, 4) is 0 Å². The highest BCUT2D eigenvalue weighted by Crippen LogP contribution is 2.18. The van der Waals surface area contributed by atoms with Crippen molar-refractivity contribution >= 4 is 22.5 Å². The van der Waals surface area contributed by atoms with E-state index in [0.29, 0.717) is 17.4 Å². The van der Waals surface area contributed by atoms with Crippen LogP contribution in [0.5, 0.6) is 0 Å². The highest BCUT2D eigenvalue weighted by molar-refractivity contribution is 5.91. The number of nitrogens with zero attached hydrogens (tertiary/aromatic N) is 2. The maximum Gasteiger partial charge on any atom is 0.261 e. The molecule has 0 fully saturated rings. The summed E-state index contributed by atoms with van der Waals surface area (Å²) in [5.41, 5.74) is 4.55. The van der Waals surface area contributed by atoms with Gasteiger partial charge in [-0.25, -0.2) is 4.98 Å². The normalized spacial score (nSPS) is 10.8. The maximum absolute atomic E-state index is 12.5. The van der Waals surface area contributed by atoms with Crippen LogP contribution in [-0.2, 0) is 11.3 Å². The molecule has 0 spiro atoms. The molecule has 1 amide bonds. The number of hydrogen-bond donors (Lipinski definition) is 1. The van der Waals surface area contributed by atoms with E-state index in [-0.39, 0.29) is 17.9 Å². The van der Waals surface area contributed by atoms with Gasteiger partial charge in [-0.1, -0.05) is 24.3 Å². The van der Waals surface area contributed by atoms with Gasteiger partial charge < -0.3 is 5.32 Å². The van der Waals surface area contributed by atoms with E-state index in [1.54, 1.807) is 6.07 Å². The van der Waals surface area contributed by atoms with E-state index in [1.807, 2.05) is 51.1 Å². The standard InChI is InChI=1S/C20H21N3O2/c1-13-6-5-9-17(15(13)3)22-18(24)10-11-23-12-21-19-14(2)7-4-8-16(19)20(23)25/h4-9,12H,10-11H2,1-3H3,(H,22,24). The van der Waals surface area contributed by atoms with Crippen molar-refractivity contribution in [3.63, 3.8) is 0 Å². The average molecular weight is 335 g/mol. The first-order valence-corrected chi connectivity index (χ1v) is 8.28. The molecular weight excluding hydrogens is 314 g/mol. The van der Waals surface area contributed by atoms with Crippen LogP contribution in [0.25, 0.3) is 10.9 Å². The van der Waals surface area contributed by atoms with Crippen molar-refractivity contribution in [1.29, 1.82) is 0 Å². The molecule has 5 heteroatoms. The lowest BCUT2D eigenvalue weighted by atomic mass is 10.1. The number of fused-ring (bicyclic) bond motifs is 1. The number of rotatable bonds is 4. The van der Waals surface area contributed by atoms with E-state index in [2.05, 4.69) is 10.3 Å². The largest absolute Gasteiger partial charge is 0.326 e. The van der Waals surface area contributed by atoms with Crippen LogP contribution in [0, 0.1) is 20.8 Å². The Bertz CT molecular complexity index is 1010. The van der Waals surface area contributed by atoms with Gasteiger partial charge in [0.15, 0.2) is 0 Å². The van der Waals surface area contributed by atoms with Gasteiger partial charge >= 0.3 is 0 Å². The summed E-state index contributed by atoms with van der Waals surface area (Å²) in [6.07, 6.45) is 1.73. The van der Waals surface area contributed by atoms with Crippen LogP contribution < -0.4 is 10.9 Å². The third-order valence-electron chi connectivity index (χ3n) is 4.51. The molecule has 1 aromatic heterocycles. The number of para-hydroxylation sites is 1. The van der Waals surface area contributed by atoms with Crippen molar-refractivity contribution < 1.29 is 4.79 Å². The van der Waals surface area contributed by atoms with Crippen LogP contribution in [0.4, 0.5) is 5.69 Å². The summed E-state index contributed by atoms with van der Waals surface area (Å²) in [5.74, 6) is -0.120. The van der Waals surface area contributed by atoms with Crippen LogP contribution >= 0.6 is 0 Å². The zero-order valence-electron chi connectivity index (χ0n) is 14.7. The van der Waals surface area contributed by atoms with Crippen LogP contribution in [0.3, 0.4) is 0 Å². The Morgan fingerprint density at radius 3 is 2.60 bits per heavy atom. The molecule has 0 saturated carbocycles. The Kier molecular flexibility index (Phi) is 4.65. The molecule has 0 aliphatic rings. The van der Waals surface area contributed by atoms with E-state index >= 15 is 0 Å². The van der Waals surface area contributed by atoms with Crippen LogP contribution in [0.1, 0.15) is 23.1 Å². The van der Waals surface area contributed by atoms with Crippen molar-refractivity contribution in [1.82, 2.24) is 9.55 Å². The summed E-state index contributed by atoms with van der Waals surface area (Å²) in [4.78, 5) is 29.1. The minimum absolute atomic E-state index is 0.117. The second-order valence-corrected chi connectivity index (χ2v) is 6.26. The number of benzene rings is 2. The van der Waals surface area contributed by atoms with E-state index < -0.39 is 0 Å². The molecule has 1 N–H and O–H groups in total. The summed E-state index contributed by atoms with van der Waals surface area (Å²) >= 11 is 0. The highest BCUT2D eigenvalue weighted by atomic mass is 16.2. The molecule has 0 aliphatic carbocycles. The Morgan fingerprint density at radius 1 is 1.08 bits per heavy atom. The Morgan fingerprint density at radius 2 is 1.80 bits per heavy atom. The van der Waals surface area contributed by atoms with Gasteiger partial charge in [0.2, 0.25) is 5.91 Å². The lowest BCUT2D eigenvalue weighted by Gasteiger charge is -2.11. The Balaban J connectivity index is 1.74. The van der Waals surface area contributed by atoms with Gasteiger partial charge in [0, 0.05) is 18.7 Å². The lowest BCUT2D eigenvalue weighted by Crippen LogP contribution is -2.24. The van der Waals surface area contributed by atoms with Crippen molar-refractivity contribution in [2.75, 3.05) is 5.32 Å². The predicted molar refractivity (Wildman–Crippen MR) is 99.9 cm³/mol. The molecular formula is C20H21N3O2. The Hall–Kier alpha value is -2.95. The molecule has 2 aromatic carbocycles. The second-order valence-electron chi connectivity index (χ2n) is 6.26. The number of aryl methyl sites for hydroxylation is 3. The number of amides is 1. The maximum atomic E-state index is 12.5. The molecule has 3 rings (SSSR count). The fourth-order valence-electron chi connectivity index (χ4n) is 2.82. The number of hydrogen-bond acceptors (Lipinski definition) is 3. The summed E-state index contributed by atoms with van der Waals surface area (Å²) in [5, 5.41) is 3.49. The number of carbonyl (C=O) groups excluding carboxylic acids is 1. The molecule has 1 heterocycles. The third-order valence-corrected chi connectivity index (χ3v) is 4.51. The van der Waals surface area contributed by atoms with E-state index in [1.165, 1.54) is 10.9 Å². The minimum atomic E-state index is -0.120. The van der Waals surface area contributed by atoms with Crippen LogP contribution in [-0.4, -0.2) is 15.5 Å². The quantitative estimate of drug-likeness (QED) is 0.795. The molecule has 0 bridgehead atoms. The molecule has 5 nitrogen and oxygen atoms in total. The summed E-state index contributed by atoms with van der Waals surface area (Å²) in [6.45, 7) is 6.21. The summed E-state index contributed by atoms with van der Waals surface area (Å²) < 4.78 is 1.49. The first-order chi connectivity index (χ1) is 12.0. The molecule has 0 unspecified atom stereocenters. The molecule has 0 saturated heterocycles. The van der Waals surface area contributed by atoms with Gasteiger partial charge in [-0.2, -0.15) is 0 Å². The fraction of sp³-hybridized carbons (Fsp3) is 0.250. The topological polar surface area (TPSA) is 64.0 Å². The van der Waals surface area contributed by atoms with Crippen LogP contribution in [0.15, 0.2) is 47.5 Å². The SMILES string of the molecule is Cc1cccc(NC(=O)CCn2cnc3c(C)cccc3c2=O)c1C. The third kappa shape index (κ3) is 3.45. The van der Waals surface area contributed by atoms with Gasteiger partial charge in [0.05, 0.1) is 17.2 Å². The highest BCUT2D eigenvalue weighted by Gasteiger charge is 2.09. The monoisotopic (exact) mass is 335 g/mol. The number of carbonyl (C=O) groups is 1. The molecule has 0 radical (unpaired) electrons. The molecule has 3 aromatic rings. The van der Waals surface area contributed by atoms with Crippen LogP contribution in [0.2, 0.25) is 0 Å². The zero-order valence-corrected chi connectivity index (χ0v) is 14.7. The number of nitrogens with one attached hydrogen (secondary N) is 1. The smallest absolute Gasteiger partial charge is 0.261 e. The summed E-state index contributed by atoms with van der Waals surface area (Å²) in [6, 6.07) is 11.3. The van der Waals surface area contributed by atoms with E-state index in [0.717, 1.165) is 22.4 Å². The second kappa shape index (κ2) is 6.89. The van der Waals surface area contributed by atoms with E-state index in [4.69, 9.17) is 0 Å². The zero-order chi connectivity index (χ0) is 18.0. The van der Waals surface area contributed by atoms with Crippen molar-refractivity contribution in [2.24, 2.45) is 0 Å². The van der Waals surface area contributed by atoms with Crippen molar-refractivity contribution in [3.05, 3.63) is 69.8 Å². The number of anilines is 1. The summed E-state index contributed by atoms with van der Waals surface area (Å²) in [7, 11) is 0. The molecule has 0 atom stereocenters. The first kappa shape index (κ1) is 16.9. The van der Waals surface area contributed by atoms with Gasteiger partial charge in [0.25, 0.3) is 5.56 Å². The predicted octanol–water partition coefficient (Wildman–Crippen LogP) is 3.35. The lowest BCUT2D eigenvalue weighted by molar-refractivity contribution is -0.116. The van der Waals surface area contributed by atoms with Crippen molar-refractivity contribution in [2.45, 2.75) is 33.7 Å². The molecule has 128 valence electrons. The molecule has 0 aliphatic heterocycles. The van der Waals surface area contributed by atoms with Gasteiger partial charge in [-0.3, -0.25) is 14.2 Å². The van der Waals surface area contributed by atoms with E-state index in [9.17, 15) is 9.59 Å². The average Bonchev–Trinajstić information content (AvgIpc) is 2.59. The molecule has 25 heavy (non-hydrogen) atoms. The fourth-order valence-corrected chi connectivity index (χ4v) is 2.82. The minimum Gasteiger partial charge on any atom is -0.326 e. The number of aromatic nitrogens is 2. The van der Waals surface area contributed by atoms with Gasteiger partial charge in [-0.05, 0) is 49.6 Å². The van der Waals surface area contributed by atoms with Gasteiger partial charge in [-0.15, -0.1) is 0 Å². The first-order valence-electron chi connectivity index (χ1n) is 8.28.